The van der Waals surface area contributed by atoms with Crippen molar-refractivity contribution in [3.63, 3.8) is 0 Å². The number of hydrogen-bond donors (Lipinski definition) is 1. The summed E-state index contributed by atoms with van der Waals surface area (Å²) in [4.78, 5) is 40.9. The summed E-state index contributed by atoms with van der Waals surface area (Å²) in [7, 11) is 0. The van der Waals surface area contributed by atoms with Gasteiger partial charge in [-0.2, -0.15) is 0 Å². The van der Waals surface area contributed by atoms with Crippen LogP contribution in [0, 0.1) is 6.92 Å². The molecule has 1 N–H and O–H groups in total. The number of carbonyl (C=O) groups is 3. The maximum atomic E-state index is 13.3. The predicted octanol–water partition coefficient (Wildman–Crippen LogP) is 5.41. The summed E-state index contributed by atoms with van der Waals surface area (Å²) in [5.74, 6) is -0.864. The van der Waals surface area contributed by atoms with E-state index in [2.05, 4.69) is 5.32 Å². The van der Waals surface area contributed by atoms with Gasteiger partial charge in [0.2, 0.25) is 5.91 Å². The highest BCUT2D eigenvalue weighted by Gasteiger charge is 2.37. The molecule has 1 saturated carbocycles. The van der Waals surface area contributed by atoms with Gasteiger partial charge in [-0.3, -0.25) is 9.59 Å². The Hall–Kier alpha value is -3.41. The zero-order chi connectivity index (χ0) is 25.7. The Morgan fingerprint density at radius 2 is 1.78 bits per heavy atom. The summed E-state index contributed by atoms with van der Waals surface area (Å²) in [6.07, 6.45) is 5.78. The molecule has 1 aliphatic heterocycles. The molecule has 6 heteroatoms. The topological polar surface area (TPSA) is 75.7 Å². The first-order chi connectivity index (χ1) is 17.4. The summed E-state index contributed by atoms with van der Waals surface area (Å²) in [5, 5.41) is 3.16. The number of amides is 2. The minimum atomic E-state index is -0.389. The molecule has 190 valence electrons. The van der Waals surface area contributed by atoms with Gasteiger partial charge in [-0.25, -0.2) is 4.79 Å². The van der Waals surface area contributed by atoms with Gasteiger partial charge in [0, 0.05) is 29.6 Å². The van der Waals surface area contributed by atoms with Crippen LogP contribution < -0.4 is 5.32 Å². The molecular formula is C30H36N2O4. The Bertz CT molecular complexity index is 1160. The summed E-state index contributed by atoms with van der Waals surface area (Å²) in [5.41, 5.74) is 4.57. The summed E-state index contributed by atoms with van der Waals surface area (Å²) >= 11 is 0. The molecule has 4 rings (SSSR count). The number of benzene rings is 2. The Labute approximate surface area is 213 Å². The number of hydrogen-bond acceptors (Lipinski definition) is 4. The molecule has 1 heterocycles. The lowest BCUT2D eigenvalue weighted by Crippen LogP contribution is -2.38. The Morgan fingerprint density at radius 3 is 2.50 bits per heavy atom. The second-order valence-corrected chi connectivity index (χ2v) is 9.88. The predicted molar refractivity (Wildman–Crippen MR) is 139 cm³/mol. The van der Waals surface area contributed by atoms with Crippen LogP contribution in [0.5, 0.6) is 0 Å². The fourth-order valence-corrected chi connectivity index (χ4v) is 5.36. The van der Waals surface area contributed by atoms with E-state index in [-0.39, 0.29) is 42.8 Å². The third kappa shape index (κ3) is 5.86. The van der Waals surface area contributed by atoms with Gasteiger partial charge in [-0.1, -0.05) is 61.2 Å². The molecule has 0 bridgehead atoms. The number of carbonyl (C=O) groups excluding carboxylic acids is 3. The van der Waals surface area contributed by atoms with Crippen molar-refractivity contribution < 1.29 is 19.1 Å². The molecule has 2 aliphatic rings. The first-order valence-electron chi connectivity index (χ1n) is 13.0. The number of aryl methyl sites for hydroxylation is 1. The first-order valence-corrected chi connectivity index (χ1v) is 13.0. The van der Waals surface area contributed by atoms with E-state index < -0.39 is 0 Å². The van der Waals surface area contributed by atoms with Crippen LogP contribution in [0.4, 0.5) is 0 Å². The summed E-state index contributed by atoms with van der Waals surface area (Å²) < 4.78 is 5.40. The number of rotatable bonds is 7. The van der Waals surface area contributed by atoms with Crippen molar-refractivity contribution >= 4 is 17.8 Å². The third-order valence-corrected chi connectivity index (χ3v) is 7.23. The van der Waals surface area contributed by atoms with Crippen LogP contribution in [-0.4, -0.2) is 35.3 Å². The summed E-state index contributed by atoms with van der Waals surface area (Å²) in [6.45, 7) is 6.15. The molecule has 0 radical (unpaired) electrons. The van der Waals surface area contributed by atoms with Gasteiger partial charge in [-0.15, -0.1) is 0 Å². The van der Waals surface area contributed by atoms with Crippen molar-refractivity contribution in [1.29, 1.82) is 0 Å². The highest BCUT2D eigenvalue weighted by atomic mass is 16.5. The fourth-order valence-electron chi connectivity index (χ4n) is 5.36. The quantitative estimate of drug-likeness (QED) is 0.529. The lowest BCUT2D eigenvalue weighted by atomic mass is 9.83. The normalized spacial score (nSPS) is 18.8. The van der Waals surface area contributed by atoms with E-state index in [1.54, 1.807) is 17.9 Å². The molecular weight excluding hydrogens is 452 g/mol. The second-order valence-electron chi connectivity index (χ2n) is 9.88. The van der Waals surface area contributed by atoms with E-state index in [1.807, 2.05) is 56.3 Å². The van der Waals surface area contributed by atoms with E-state index in [9.17, 15) is 14.4 Å². The lowest BCUT2D eigenvalue weighted by Gasteiger charge is -2.34. The molecule has 0 aromatic heterocycles. The van der Waals surface area contributed by atoms with E-state index >= 15 is 0 Å². The maximum absolute atomic E-state index is 13.3. The van der Waals surface area contributed by atoms with Crippen molar-refractivity contribution in [3.05, 3.63) is 82.1 Å². The van der Waals surface area contributed by atoms with Gasteiger partial charge in [0.25, 0.3) is 5.91 Å². The lowest BCUT2D eigenvalue weighted by molar-refractivity contribution is -0.140. The molecule has 2 aromatic carbocycles. The Balaban J connectivity index is 1.59. The van der Waals surface area contributed by atoms with Crippen LogP contribution in [-0.2, 0) is 20.9 Å². The van der Waals surface area contributed by atoms with Crippen molar-refractivity contribution in [2.45, 2.75) is 77.8 Å². The minimum absolute atomic E-state index is 0.0517. The van der Waals surface area contributed by atoms with Gasteiger partial charge in [0.05, 0.1) is 18.7 Å². The molecule has 2 aromatic rings. The number of nitrogens with one attached hydrogen (secondary N) is 1. The number of esters is 1. The van der Waals surface area contributed by atoms with Gasteiger partial charge in [0.1, 0.15) is 0 Å². The molecule has 1 fully saturated rings. The highest BCUT2D eigenvalue weighted by Crippen LogP contribution is 2.38. The zero-order valence-electron chi connectivity index (χ0n) is 21.5. The monoisotopic (exact) mass is 488 g/mol. The maximum Gasteiger partial charge on any atom is 0.336 e. The van der Waals surface area contributed by atoms with Crippen molar-refractivity contribution in [1.82, 2.24) is 10.2 Å². The molecule has 2 amide bonds. The SMILES string of the molecule is CCOC(=O)C1=C(C)N(Cc2cccc(C(=O)NC3CCCCC3)c2)C(=O)CC1c1cccc(C)c1. The van der Waals surface area contributed by atoms with Crippen molar-refractivity contribution in [3.8, 4) is 0 Å². The molecule has 1 aliphatic carbocycles. The van der Waals surface area contributed by atoms with E-state index in [0.717, 1.165) is 42.4 Å². The number of allylic oxidation sites excluding steroid dienone is 1. The van der Waals surface area contributed by atoms with Crippen LogP contribution in [0.15, 0.2) is 59.8 Å². The molecule has 1 unspecified atom stereocenters. The molecule has 6 nitrogen and oxygen atoms in total. The van der Waals surface area contributed by atoms with Crippen LogP contribution in [0.25, 0.3) is 0 Å². The molecule has 36 heavy (non-hydrogen) atoms. The van der Waals surface area contributed by atoms with Crippen LogP contribution in [0.2, 0.25) is 0 Å². The molecule has 1 atom stereocenters. The number of nitrogens with zero attached hydrogens (tertiary/aromatic N) is 1. The Morgan fingerprint density at radius 1 is 1.03 bits per heavy atom. The fraction of sp³-hybridized carbons (Fsp3) is 0.433. The van der Waals surface area contributed by atoms with E-state index in [0.29, 0.717) is 23.4 Å². The largest absolute Gasteiger partial charge is 0.463 e. The minimum Gasteiger partial charge on any atom is -0.463 e. The van der Waals surface area contributed by atoms with Gasteiger partial charge in [-0.05, 0) is 56.9 Å². The smallest absolute Gasteiger partial charge is 0.336 e. The number of ether oxygens (including phenoxy) is 1. The average molecular weight is 489 g/mol. The first kappa shape index (κ1) is 25.7. The third-order valence-electron chi connectivity index (χ3n) is 7.23. The second kappa shape index (κ2) is 11.5. The van der Waals surface area contributed by atoms with Crippen molar-refractivity contribution in [2.24, 2.45) is 0 Å². The molecule has 0 saturated heterocycles. The zero-order valence-corrected chi connectivity index (χ0v) is 21.5. The van der Waals surface area contributed by atoms with E-state index in [1.165, 1.54) is 6.42 Å². The van der Waals surface area contributed by atoms with Crippen LogP contribution >= 0.6 is 0 Å². The van der Waals surface area contributed by atoms with Crippen molar-refractivity contribution in [2.75, 3.05) is 6.61 Å². The van der Waals surface area contributed by atoms with Crippen LogP contribution in [0.1, 0.15) is 85.3 Å². The highest BCUT2D eigenvalue weighted by molar-refractivity contribution is 5.96. The average Bonchev–Trinajstić information content (AvgIpc) is 2.87. The standard InChI is InChI=1S/C30H36N2O4/c1-4-36-30(35)28-21(3)32(27(33)18-26(28)23-12-8-10-20(2)16-23)19-22-11-9-13-24(17-22)29(34)31-25-14-6-5-7-15-25/h8-13,16-17,25-26H,4-7,14-15,18-19H2,1-3H3,(H,31,34). The van der Waals surface area contributed by atoms with Gasteiger partial charge in [0.15, 0.2) is 0 Å². The van der Waals surface area contributed by atoms with Gasteiger partial charge < -0.3 is 15.0 Å². The van der Waals surface area contributed by atoms with Crippen LogP contribution in [0.3, 0.4) is 0 Å². The molecule has 0 spiro atoms. The summed E-state index contributed by atoms with van der Waals surface area (Å²) in [6, 6.07) is 15.6. The van der Waals surface area contributed by atoms with E-state index in [4.69, 9.17) is 4.74 Å². The Kier molecular flexibility index (Phi) is 8.24. The van der Waals surface area contributed by atoms with Gasteiger partial charge >= 0.3 is 5.97 Å².